The summed E-state index contributed by atoms with van der Waals surface area (Å²) in [5, 5.41) is 25.2. The number of hydrogen-bond acceptors (Lipinski definition) is 13. The van der Waals surface area contributed by atoms with E-state index in [0.29, 0.717) is 25.7 Å². The number of aromatic nitrogens is 1. The molecule has 7 atom stereocenters. The molecule has 4 aromatic rings. The first kappa shape index (κ1) is 67.8. The van der Waals surface area contributed by atoms with Crippen molar-refractivity contribution in [2.45, 2.75) is 205 Å². The molecule has 3 saturated heterocycles. The van der Waals surface area contributed by atoms with Crippen LogP contribution in [-0.4, -0.2) is 146 Å². The Hall–Kier alpha value is -7.72. The van der Waals surface area contributed by atoms with Crippen LogP contribution < -0.4 is 32.3 Å². The highest BCUT2D eigenvalue weighted by Gasteiger charge is 2.47. The first-order valence-corrected chi connectivity index (χ1v) is 31.9. The molecular formula is C66H90N10O11S. The number of β-amino-alcohol motifs (C(OH)–C–C–N with tert-alkyl or cyclic N) is 1. The van der Waals surface area contributed by atoms with Crippen molar-refractivity contribution in [1.82, 2.24) is 46.3 Å². The lowest BCUT2D eigenvalue weighted by Crippen LogP contribution is -2.62. The Morgan fingerprint density at radius 2 is 1.36 bits per heavy atom. The lowest BCUT2D eigenvalue weighted by molar-refractivity contribution is -0.146. The van der Waals surface area contributed by atoms with E-state index in [9.17, 15) is 48.3 Å². The molecule has 3 fully saturated rings. The van der Waals surface area contributed by atoms with Crippen molar-refractivity contribution >= 4 is 64.7 Å². The van der Waals surface area contributed by atoms with Gasteiger partial charge >= 0.3 is 6.09 Å². The third-order valence-corrected chi connectivity index (χ3v) is 17.4. The highest BCUT2D eigenvalue weighted by molar-refractivity contribution is 7.13. The zero-order chi connectivity index (χ0) is 63.7. The first-order chi connectivity index (χ1) is 41.9. The summed E-state index contributed by atoms with van der Waals surface area (Å²) in [5.74, 6) is -3.59. The van der Waals surface area contributed by atoms with E-state index in [-0.39, 0.29) is 82.4 Å². The number of aryl methyl sites for hydroxylation is 1. The summed E-state index contributed by atoms with van der Waals surface area (Å²) in [6.07, 6.45) is 4.86. The zero-order valence-corrected chi connectivity index (χ0v) is 52.8. The number of aliphatic hydroxyl groups excluding tert-OH is 1. The van der Waals surface area contributed by atoms with Gasteiger partial charge in [-0.25, -0.2) is 9.78 Å². The number of likely N-dealkylation sites (tertiary alicyclic amines) is 1. The molecule has 21 nitrogen and oxygen atoms in total. The van der Waals surface area contributed by atoms with E-state index in [0.717, 1.165) is 64.9 Å². The molecule has 8 N–H and O–H groups in total. The minimum atomic E-state index is -1.26. The quantitative estimate of drug-likeness (QED) is 0.0317. The number of primary amides is 1. The van der Waals surface area contributed by atoms with Gasteiger partial charge < -0.3 is 56.9 Å². The number of hydrogen-bond donors (Lipinski definition) is 7. The van der Waals surface area contributed by atoms with E-state index < -0.39 is 95.0 Å². The molecule has 7 rings (SSSR count). The first-order valence-electron chi connectivity index (χ1n) is 31.0. The fraction of sp³-hybridized carbons (Fsp3) is 0.545. The smallest absolute Gasteiger partial charge is 0.408 e. The molecule has 0 aliphatic carbocycles. The molecule has 1 aromatic heterocycles. The predicted molar refractivity (Wildman–Crippen MR) is 334 cm³/mol. The summed E-state index contributed by atoms with van der Waals surface area (Å²) >= 11 is 1.56. The van der Waals surface area contributed by atoms with Crippen molar-refractivity contribution in [2.75, 3.05) is 19.6 Å². The van der Waals surface area contributed by atoms with E-state index in [1.165, 1.54) is 9.80 Å². The molecule has 0 spiro atoms. The largest absolute Gasteiger partial charge is 0.444 e. The maximum absolute atomic E-state index is 14.7. The predicted octanol–water partition coefficient (Wildman–Crippen LogP) is 6.88. The molecule has 0 saturated carbocycles. The van der Waals surface area contributed by atoms with E-state index in [2.05, 4.69) is 31.6 Å². The Morgan fingerprint density at radius 3 is 1.95 bits per heavy atom. The number of nitrogens with two attached hydrogens (primary N) is 1. The van der Waals surface area contributed by atoms with Crippen LogP contribution in [0.5, 0.6) is 0 Å². The Labute approximate surface area is 521 Å². The Morgan fingerprint density at radius 1 is 0.739 bits per heavy atom. The molecule has 3 aliphatic rings. The highest BCUT2D eigenvalue weighted by Crippen LogP contribution is 2.32. The molecule has 0 unspecified atom stereocenters. The minimum absolute atomic E-state index is 0.0187. The standard InChI is InChI=1S/C66H90N10O11S/c1-42-57(88-41-69-42)46-29-27-43(28-30-46)38-68-60(82)52-37-48(77)39-75(52)63(85)58(65(2,3)4)72-54(79)25-19-11-9-8-10-12-20-26-55(80)74-36-35-47-31-33-51(76(47)62(84)50(40-74)71-64(86)87-66(5,6)7)61(83)70-49(32-34-53(67)78)59(81)73-56(44-21-15-13-16-22-44)45-23-17-14-18-24-45/h13-18,21-24,27-30,41,47-52,56,58,77H,8-12,19-20,25-26,31-40H2,1-7H3,(H2,67,78)(H,68,82)(H,70,83)(H,71,86)(H,72,79)(H,73,81)/t47-,48-,49+,50+,51+,52+,58-/m1/s1. The van der Waals surface area contributed by atoms with Crippen LogP contribution in [0.1, 0.15) is 166 Å². The number of rotatable bonds is 26. The van der Waals surface area contributed by atoms with Crippen molar-refractivity contribution < 1.29 is 53.0 Å². The van der Waals surface area contributed by atoms with Crippen molar-refractivity contribution in [3.63, 3.8) is 0 Å². The van der Waals surface area contributed by atoms with Crippen LogP contribution in [0.25, 0.3) is 10.4 Å². The molecule has 3 aromatic carbocycles. The minimum Gasteiger partial charge on any atom is -0.444 e. The van der Waals surface area contributed by atoms with Gasteiger partial charge in [-0.1, -0.05) is 138 Å². The highest BCUT2D eigenvalue weighted by atomic mass is 32.1. The number of ether oxygens (including phenoxy) is 1. The van der Waals surface area contributed by atoms with E-state index in [1.807, 2.05) is 113 Å². The second-order valence-electron chi connectivity index (χ2n) is 25.6. The van der Waals surface area contributed by atoms with Crippen molar-refractivity contribution in [2.24, 2.45) is 11.1 Å². The summed E-state index contributed by atoms with van der Waals surface area (Å²) in [7, 11) is 0. The Kier molecular flexibility index (Phi) is 24.2. The molecule has 0 radical (unpaired) electrons. The van der Waals surface area contributed by atoms with Crippen molar-refractivity contribution in [3.8, 4) is 10.4 Å². The average molecular weight is 1230 g/mol. The topological polar surface area (TPSA) is 292 Å². The maximum atomic E-state index is 14.7. The zero-order valence-electron chi connectivity index (χ0n) is 52.0. The van der Waals surface area contributed by atoms with Gasteiger partial charge in [0.1, 0.15) is 35.8 Å². The summed E-state index contributed by atoms with van der Waals surface area (Å²) in [6.45, 7) is 12.9. The summed E-state index contributed by atoms with van der Waals surface area (Å²) in [6, 6.07) is 20.2. The van der Waals surface area contributed by atoms with Gasteiger partial charge in [0.15, 0.2) is 0 Å². The molecular weight excluding hydrogens is 1140 g/mol. The monoisotopic (exact) mass is 1230 g/mol. The number of aliphatic hydroxyl groups is 1. The number of nitrogens with zero attached hydrogens (tertiary/aromatic N) is 4. The van der Waals surface area contributed by atoms with Gasteiger partial charge in [-0.05, 0) is 93.9 Å². The SMILES string of the molecule is Cc1ncsc1-c1ccc(CNC(=O)[C@@H]2C[C@@H](O)CN2C(=O)[C@@H](NC(=O)CCCCCCCCCC(=O)N2CC[C@H]3CC[C@@H](C(=O)N[C@@H](CCC(N)=O)C(=O)NC(c4ccccc4)c4ccccc4)N3C(=O)[C@@H](NC(=O)OC(C)(C)C)C2)C(C)(C)C)cc1. The summed E-state index contributed by atoms with van der Waals surface area (Å²) in [4.78, 5) is 134. The number of unbranched alkanes of at least 4 members (excludes halogenated alkanes) is 6. The van der Waals surface area contributed by atoms with Gasteiger partial charge in [-0.3, -0.25) is 38.4 Å². The van der Waals surface area contributed by atoms with E-state index in [1.54, 1.807) is 42.5 Å². The number of thiazole rings is 1. The number of fused-ring (bicyclic) bond motifs is 1. The molecule has 88 heavy (non-hydrogen) atoms. The van der Waals surface area contributed by atoms with Crippen molar-refractivity contribution in [1.29, 1.82) is 0 Å². The second kappa shape index (κ2) is 31.5. The normalized spacial score (nSPS) is 19.4. The summed E-state index contributed by atoms with van der Waals surface area (Å²) < 4.78 is 5.56. The Balaban J connectivity index is 0.864. The Bertz CT molecular complexity index is 3000. The van der Waals surface area contributed by atoms with Gasteiger partial charge in [-0.15, -0.1) is 11.3 Å². The third kappa shape index (κ3) is 19.4. The van der Waals surface area contributed by atoms with Crippen LogP contribution in [0.4, 0.5) is 4.79 Å². The molecule has 4 heterocycles. The average Bonchev–Trinajstić information content (AvgIpc) is 2.46. The van der Waals surface area contributed by atoms with Crippen LogP contribution in [0, 0.1) is 12.3 Å². The number of alkyl carbamates (subject to hydrolysis) is 1. The molecule has 476 valence electrons. The third-order valence-electron chi connectivity index (χ3n) is 16.4. The lowest BCUT2D eigenvalue weighted by atomic mass is 9.85. The van der Waals surface area contributed by atoms with Gasteiger partial charge in [0.05, 0.1) is 34.8 Å². The van der Waals surface area contributed by atoms with Gasteiger partial charge in [0.2, 0.25) is 47.3 Å². The van der Waals surface area contributed by atoms with Crippen LogP contribution in [0.15, 0.2) is 90.4 Å². The summed E-state index contributed by atoms with van der Waals surface area (Å²) in [5.41, 5.74) is 10.2. The molecule has 0 bridgehead atoms. The van der Waals surface area contributed by atoms with Crippen molar-refractivity contribution in [3.05, 3.63) is 113 Å². The molecule has 9 amide bonds. The van der Waals surface area contributed by atoms with Gasteiger partial charge in [-0.2, -0.15) is 0 Å². The maximum Gasteiger partial charge on any atom is 0.408 e. The van der Waals surface area contributed by atoms with Crippen LogP contribution >= 0.6 is 11.3 Å². The van der Waals surface area contributed by atoms with Crippen LogP contribution in [0.2, 0.25) is 0 Å². The number of carbonyl (C=O) groups is 9. The fourth-order valence-corrected chi connectivity index (χ4v) is 12.6. The number of carbonyl (C=O) groups excluding carboxylic acids is 9. The molecule has 3 aliphatic heterocycles. The number of amides is 9. The molecule has 22 heteroatoms. The number of nitrogens with one attached hydrogen (secondary N) is 5. The van der Waals surface area contributed by atoms with Gasteiger partial charge in [0, 0.05) is 51.4 Å². The van der Waals surface area contributed by atoms with Gasteiger partial charge in [0.25, 0.3) is 0 Å². The van der Waals surface area contributed by atoms with E-state index in [4.69, 9.17) is 10.5 Å². The van der Waals surface area contributed by atoms with E-state index >= 15 is 0 Å². The lowest BCUT2D eigenvalue weighted by Gasteiger charge is -2.39. The second-order valence-corrected chi connectivity index (χ2v) is 26.4. The van der Waals surface area contributed by atoms with Crippen LogP contribution in [-0.2, 0) is 49.6 Å². The number of benzene rings is 3. The van der Waals surface area contributed by atoms with Crippen LogP contribution in [0.3, 0.4) is 0 Å². The fourth-order valence-electron chi connectivity index (χ4n) is 11.7.